The number of sulfone groups is 1. The maximum absolute atomic E-state index is 12.4. The Morgan fingerprint density at radius 1 is 1.18 bits per heavy atom. The number of nitriles is 1. The van der Waals surface area contributed by atoms with Gasteiger partial charge >= 0.3 is 0 Å². The molecule has 0 unspecified atom stereocenters. The average molecular weight is 461 g/mol. The molecule has 3 rings (SSSR count). The molecule has 0 spiro atoms. The van der Waals surface area contributed by atoms with E-state index in [9.17, 15) is 13.2 Å². The number of carbonyl (C=O) groups excluding carboxylic acids is 1. The van der Waals surface area contributed by atoms with Crippen LogP contribution >= 0.6 is 15.9 Å². The molecule has 1 N–H and O–H groups in total. The van der Waals surface area contributed by atoms with Crippen LogP contribution in [0.1, 0.15) is 36.0 Å². The molecule has 146 valence electrons. The SMILES string of the molecule is N#Cc1ccc(CS(=O)(=O)CC(=O)NCC2(c3cccc(Br)c3)CCC2)cc1. The number of nitrogens with zero attached hydrogens (tertiary/aromatic N) is 1. The highest BCUT2D eigenvalue weighted by molar-refractivity contribution is 9.10. The molecule has 1 saturated carbocycles. The van der Waals surface area contributed by atoms with E-state index in [4.69, 9.17) is 5.26 Å². The molecule has 0 bridgehead atoms. The first kappa shape index (κ1) is 20.6. The zero-order chi connectivity index (χ0) is 20.2. The number of rotatable bonds is 7. The third kappa shape index (κ3) is 5.00. The van der Waals surface area contributed by atoms with Gasteiger partial charge in [-0.25, -0.2) is 8.42 Å². The van der Waals surface area contributed by atoms with Crippen molar-refractivity contribution < 1.29 is 13.2 Å². The standard InChI is InChI=1S/C21H21BrN2O3S/c22-19-4-1-3-18(11-19)21(9-2-10-21)15-24-20(25)14-28(26,27)13-17-7-5-16(12-23)6-8-17/h1,3-8,11H,2,9-10,13-15H2,(H,24,25). The van der Waals surface area contributed by atoms with Gasteiger partial charge in [-0.1, -0.05) is 46.6 Å². The summed E-state index contributed by atoms with van der Waals surface area (Å²) in [6.07, 6.45) is 3.04. The highest BCUT2D eigenvalue weighted by Gasteiger charge is 2.39. The van der Waals surface area contributed by atoms with Gasteiger partial charge in [0.05, 0.1) is 17.4 Å². The van der Waals surface area contributed by atoms with E-state index in [0.717, 1.165) is 29.3 Å². The summed E-state index contributed by atoms with van der Waals surface area (Å²) < 4.78 is 25.7. The minimum Gasteiger partial charge on any atom is -0.354 e. The molecule has 7 heteroatoms. The summed E-state index contributed by atoms with van der Waals surface area (Å²) in [6, 6.07) is 16.4. The summed E-state index contributed by atoms with van der Waals surface area (Å²) in [4.78, 5) is 12.3. The van der Waals surface area contributed by atoms with Gasteiger partial charge in [0.1, 0.15) is 5.75 Å². The molecule has 0 radical (unpaired) electrons. The van der Waals surface area contributed by atoms with E-state index in [2.05, 4.69) is 33.4 Å². The molecule has 1 amide bonds. The third-order valence-corrected chi connectivity index (χ3v) is 7.16. The van der Waals surface area contributed by atoms with Gasteiger partial charge in [0, 0.05) is 16.4 Å². The van der Waals surface area contributed by atoms with Crippen molar-refractivity contribution in [2.75, 3.05) is 12.3 Å². The predicted molar refractivity (Wildman–Crippen MR) is 111 cm³/mol. The number of nitrogens with one attached hydrogen (secondary N) is 1. The van der Waals surface area contributed by atoms with Crippen LogP contribution in [0, 0.1) is 11.3 Å². The monoisotopic (exact) mass is 460 g/mol. The number of amides is 1. The summed E-state index contributed by atoms with van der Waals surface area (Å²) in [7, 11) is -3.58. The fraction of sp³-hybridized carbons (Fsp3) is 0.333. The molecule has 1 fully saturated rings. The van der Waals surface area contributed by atoms with Crippen molar-refractivity contribution in [1.29, 1.82) is 5.26 Å². The highest BCUT2D eigenvalue weighted by atomic mass is 79.9. The van der Waals surface area contributed by atoms with Gasteiger partial charge in [-0.05, 0) is 48.2 Å². The lowest BCUT2D eigenvalue weighted by Gasteiger charge is -2.42. The minimum atomic E-state index is -3.58. The minimum absolute atomic E-state index is 0.115. The van der Waals surface area contributed by atoms with Crippen LogP contribution in [0.15, 0.2) is 53.0 Å². The lowest BCUT2D eigenvalue weighted by molar-refractivity contribution is -0.119. The fourth-order valence-electron chi connectivity index (χ4n) is 3.49. The van der Waals surface area contributed by atoms with E-state index < -0.39 is 21.5 Å². The van der Waals surface area contributed by atoms with Crippen molar-refractivity contribution in [3.8, 4) is 6.07 Å². The number of hydrogen-bond donors (Lipinski definition) is 1. The normalized spacial score (nSPS) is 15.3. The maximum Gasteiger partial charge on any atom is 0.235 e. The zero-order valence-corrected chi connectivity index (χ0v) is 17.7. The summed E-state index contributed by atoms with van der Waals surface area (Å²) in [5, 5.41) is 11.6. The number of hydrogen-bond acceptors (Lipinski definition) is 4. The second kappa shape index (κ2) is 8.46. The van der Waals surface area contributed by atoms with E-state index in [1.54, 1.807) is 24.3 Å². The van der Waals surface area contributed by atoms with Gasteiger partial charge in [0.25, 0.3) is 0 Å². The van der Waals surface area contributed by atoms with Crippen LogP contribution in [-0.2, 0) is 25.8 Å². The van der Waals surface area contributed by atoms with Gasteiger partial charge in [-0.2, -0.15) is 5.26 Å². The first-order valence-electron chi connectivity index (χ1n) is 9.04. The molecular weight excluding hydrogens is 440 g/mol. The van der Waals surface area contributed by atoms with E-state index in [0.29, 0.717) is 17.7 Å². The van der Waals surface area contributed by atoms with Gasteiger partial charge in [-0.3, -0.25) is 4.79 Å². The molecule has 1 aliphatic carbocycles. The number of benzene rings is 2. The Labute approximate surface area is 173 Å². The molecule has 0 aromatic heterocycles. The van der Waals surface area contributed by atoms with Gasteiger partial charge in [0.15, 0.2) is 9.84 Å². The van der Waals surface area contributed by atoms with Crippen LogP contribution in [0.25, 0.3) is 0 Å². The Kier molecular flexibility index (Phi) is 6.21. The first-order chi connectivity index (χ1) is 13.3. The molecule has 2 aromatic carbocycles. The second-order valence-electron chi connectivity index (χ2n) is 7.26. The molecular formula is C21H21BrN2O3S. The summed E-state index contributed by atoms with van der Waals surface area (Å²) in [5.74, 6) is -1.24. The Morgan fingerprint density at radius 3 is 2.46 bits per heavy atom. The summed E-state index contributed by atoms with van der Waals surface area (Å²) in [6.45, 7) is 0.439. The van der Waals surface area contributed by atoms with E-state index in [1.807, 2.05) is 18.2 Å². The van der Waals surface area contributed by atoms with Crippen molar-refractivity contribution in [2.24, 2.45) is 0 Å². The Balaban J connectivity index is 1.59. The van der Waals surface area contributed by atoms with Gasteiger partial charge in [0.2, 0.25) is 5.91 Å². The average Bonchev–Trinajstić information content (AvgIpc) is 2.61. The Bertz CT molecular complexity index is 1010. The lowest BCUT2D eigenvalue weighted by Crippen LogP contribution is -2.46. The van der Waals surface area contributed by atoms with Crippen LogP contribution in [0.5, 0.6) is 0 Å². The smallest absolute Gasteiger partial charge is 0.235 e. The highest BCUT2D eigenvalue weighted by Crippen LogP contribution is 2.43. The first-order valence-corrected chi connectivity index (χ1v) is 11.7. The van der Waals surface area contributed by atoms with E-state index in [1.165, 1.54) is 0 Å². The molecule has 0 heterocycles. The topological polar surface area (TPSA) is 87.0 Å². The number of halogens is 1. The molecule has 2 aromatic rings. The van der Waals surface area contributed by atoms with Crippen LogP contribution in [0.3, 0.4) is 0 Å². The quantitative estimate of drug-likeness (QED) is 0.684. The maximum atomic E-state index is 12.4. The van der Waals surface area contributed by atoms with Crippen molar-refractivity contribution in [1.82, 2.24) is 5.32 Å². The van der Waals surface area contributed by atoms with Crippen molar-refractivity contribution in [2.45, 2.75) is 30.4 Å². The zero-order valence-electron chi connectivity index (χ0n) is 15.3. The van der Waals surface area contributed by atoms with Crippen molar-refractivity contribution in [3.05, 3.63) is 69.7 Å². The Morgan fingerprint density at radius 2 is 1.89 bits per heavy atom. The van der Waals surface area contributed by atoms with Gasteiger partial charge < -0.3 is 5.32 Å². The Hall–Kier alpha value is -2.17. The summed E-state index contributed by atoms with van der Waals surface area (Å²) >= 11 is 3.48. The fourth-order valence-corrected chi connectivity index (χ4v) is 5.19. The van der Waals surface area contributed by atoms with Crippen LogP contribution in [-0.4, -0.2) is 26.6 Å². The molecule has 0 saturated heterocycles. The van der Waals surface area contributed by atoms with Crippen LogP contribution in [0.4, 0.5) is 0 Å². The molecule has 0 atom stereocenters. The predicted octanol–water partition coefficient (Wildman–Crippen LogP) is 3.47. The molecule has 5 nitrogen and oxygen atoms in total. The van der Waals surface area contributed by atoms with Gasteiger partial charge in [-0.15, -0.1) is 0 Å². The van der Waals surface area contributed by atoms with Crippen molar-refractivity contribution >= 4 is 31.7 Å². The molecule has 0 aliphatic heterocycles. The van der Waals surface area contributed by atoms with E-state index >= 15 is 0 Å². The van der Waals surface area contributed by atoms with Crippen LogP contribution < -0.4 is 5.32 Å². The van der Waals surface area contributed by atoms with E-state index in [-0.39, 0.29) is 11.2 Å². The van der Waals surface area contributed by atoms with Crippen LogP contribution in [0.2, 0.25) is 0 Å². The molecule has 28 heavy (non-hydrogen) atoms. The third-order valence-electron chi connectivity index (χ3n) is 5.19. The second-order valence-corrected chi connectivity index (χ2v) is 10.2. The largest absolute Gasteiger partial charge is 0.354 e. The summed E-state index contributed by atoms with van der Waals surface area (Å²) in [5.41, 5.74) is 2.08. The number of carbonyl (C=O) groups is 1. The molecule has 1 aliphatic rings. The van der Waals surface area contributed by atoms with Crippen molar-refractivity contribution in [3.63, 3.8) is 0 Å². The lowest BCUT2D eigenvalue weighted by atomic mass is 9.64.